The van der Waals surface area contributed by atoms with Crippen LogP contribution in [0.25, 0.3) is 5.57 Å². The van der Waals surface area contributed by atoms with E-state index in [4.69, 9.17) is 4.74 Å². The van der Waals surface area contributed by atoms with Gasteiger partial charge in [0.25, 0.3) is 17.4 Å². The number of ether oxygens (including phenoxy) is 1. The number of nitrogens with zero attached hydrogens (tertiary/aromatic N) is 2. The van der Waals surface area contributed by atoms with Crippen LogP contribution in [0, 0.1) is 13.8 Å². The van der Waals surface area contributed by atoms with Gasteiger partial charge >= 0.3 is 0 Å². The van der Waals surface area contributed by atoms with E-state index in [1.165, 1.54) is 10.5 Å². The van der Waals surface area contributed by atoms with Crippen LogP contribution in [0.4, 0.5) is 5.69 Å². The van der Waals surface area contributed by atoms with Gasteiger partial charge in [-0.1, -0.05) is 11.6 Å². The Balaban J connectivity index is 1.21. The maximum absolute atomic E-state index is 13.6. The summed E-state index contributed by atoms with van der Waals surface area (Å²) in [5.74, 6) is 0.302. The molecule has 1 aromatic heterocycles. The molecule has 2 aromatic carbocycles. The molecule has 3 aromatic rings. The largest absolute Gasteiger partial charge is 0.491 e. The van der Waals surface area contributed by atoms with Crippen LogP contribution in [-0.4, -0.2) is 77.1 Å². The highest BCUT2D eigenvalue weighted by Crippen LogP contribution is 2.37. The lowest BCUT2D eigenvalue weighted by Crippen LogP contribution is -2.46. The summed E-state index contributed by atoms with van der Waals surface area (Å²) in [7, 11) is 2.06. The monoisotopic (exact) mass is 610 g/mol. The van der Waals surface area contributed by atoms with Crippen LogP contribution in [-0.2, 0) is 12.8 Å². The van der Waals surface area contributed by atoms with Gasteiger partial charge < -0.3 is 25.0 Å². The van der Waals surface area contributed by atoms with Gasteiger partial charge in [0.15, 0.2) is 0 Å². The summed E-state index contributed by atoms with van der Waals surface area (Å²) in [5, 5.41) is 14.0. The number of allylic oxidation sites excluding steroid dienone is 2. The number of fused-ring (bicyclic) bond motifs is 2. The molecule has 0 radical (unpaired) electrons. The predicted molar refractivity (Wildman–Crippen MR) is 175 cm³/mol. The number of aliphatic hydroxyl groups is 1. The first-order valence-corrected chi connectivity index (χ1v) is 15.9. The number of carbonyl (C=O) groups is 2. The molecule has 0 saturated carbocycles. The maximum atomic E-state index is 13.6. The number of nitrogens with one attached hydrogen (secondary N) is 2. The van der Waals surface area contributed by atoms with Crippen molar-refractivity contribution < 1.29 is 19.4 Å². The third-order valence-electron chi connectivity index (χ3n) is 9.65. The molecule has 0 bridgehead atoms. The lowest BCUT2D eigenvalue weighted by molar-refractivity contribution is 0.0516. The highest BCUT2D eigenvalue weighted by atomic mass is 16.5. The van der Waals surface area contributed by atoms with Gasteiger partial charge in [0.2, 0.25) is 0 Å². The van der Waals surface area contributed by atoms with Gasteiger partial charge in [-0.3, -0.25) is 19.3 Å². The van der Waals surface area contributed by atoms with E-state index in [1.807, 2.05) is 57.2 Å². The van der Waals surface area contributed by atoms with Gasteiger partial charge in [0.1, 0.15) is 18.5 Å². The van der Waals surface area contributed by atoms with Gasteiger partial charge in [-0.2, -0.15) is 0 Å². The van der Waals surface area contributed by atoms with Crippen molar-refractivity contribution in [1.82, 2.24) is 14.8 Å². The van der Waals surface area contributed by atoms with Crippen molar-refractivity contribution in [2.75, 3.05) is 38.6 Å². The van der Waals surface area contributed by atoms with E-state index in [0.29, 0.717) is 34.5 Å². The second kappa shape index (κ2) is 12.7. The molecule has 1 saturated heterocycles. The average Bonchev–Trinajstić information content (AvgIpc) is 3.15. The van der Waals surface area contributed by atoms with Gasteiger partial charge in [0.05, 0.1) is 16.7 Å². The van der Waals surface area contributed by atoms with Crippen LogP contribution in [0.15, 0.2) is 53.0 Å². The quantitative estimate of drug-likeness (QED) is 0.322. The fourth-order valence-electron chi connectivity index (χ4n) is 6.70. The van der Waals surface area contributed by atoms with Gasteiger partial charge in [0, 0.05) is 24.5 Å². The Morgan fingerprint density at radius 3 is 2.38 bits per heavy atom. The van der Waals surface area contributed by atoms with Crippen molar-refractivity contribution in [2.45, 2.75) is 65.0 Å². The third kappa shape index (κ3) is 6.19. The maximum Gasteiger partial charge on any atom is 0.261 e. The number of rotatable bonds is 8. The zero-order chi connectivity index (χ0) is 31.8. The van der Waals surface area contributed by atoms with E-state index in [9.17, 15) is 19.5 Å². The van der Waals surface area contributed by atoms with Crippen molar-refractivity contribution in [3.63, 3.8) is 0 Å². The van der Waals surface area contributed by atoms with Gasteiger partial charge in [-0.25, -0.2) is 0 Å². The molecule has 6 rings (SSSR count). The fraction of sp³-hybridized carbons (Fsp3) is 0.417. The number of likely N-dealkylation sites (tertiary alicyclic amines) is 1. The Kier molecular flexibility index (Phi) is 8.66. The number of H-pyrrole nitrogens is 1. The van der Waals surface area contributed by atoms with Gasteiger partial charge in [-0.15, -0.1) is 0 Å². The van der Waals surface area contributed by atoms with Crippen LogP contribution in [0.3, 0.4) is 0 Å². The Morgan fingerprint density at radius 1 is 0.956 bits per heavy atom. The summed E-state index contributed by atoms with van der Waals surface area (Å²) in [4.78, 5) is 46.9. The van der Waals surface area contributed by atoms with Crippen molar-refractivity contribution in [1.29, 1.82) is 0 Å². The predicted octanol–water partition coefficient (Wildman–Crippen LogP) is 4.50. The molecule has 9 heteroatoms. The molecule has 2 aliphatic heterocycles. The zero-order valence-electron chi connectivity index (χ0n) is 26.5. The lowest BCUT2D eigenvalue weighted by Gasteiger charge is -2.33. The number of aliphatic hydroxyl groups excluding tert-OH is 1. The number of aromatic nitrogens is 1. The third-order valence-corrected chi connectivity index (χ3v) is 9.65. The summed E-state index contributed by atoms with van der Waals surface area (Å²) >= 11 is 0. The zero-order valence-corrected chi connectivity index (χ0v) is 26.5. The fourth-order valence-corrected chi connectivity index (χ4v) is 6.70. The Bertz CT molecular complexity index is 1730. The lowest BCUT2D eigenvalue weighted by atomic mass is 9.92. The molecule has 236 valence electrons. The summed E-state index contributed by atoms with van der Waals surface area (Å²) < 4.78 is 5.81. The molecule has 1 fully saturated rings. The number of hydrogen-bond donors (Lipinski definition) is 3. The van der Waals surface area contributed by atoms with Crippen molar-refractivity contribution in [2.24, 2.45) is 0 Å². The van der Waals surface area contributed by atoms with Crippen molar-refractivity contribution in [3.8, 4) is 5.75 Å². The first kappa shape index (κ1) is 30.8. The normalized spacial score (nSPS) is 18.1. The number of hydrogen-bond acceptors (Lipinski definition) is 7. The van der Waals surface area contributed by atoms with E-state index < -0.39 is 6.10 Å². The van der Waals surface area contributed by atoms with Crippen LogP contribution in [0.2, 0.25) is 0 Å². The number of aromatic amines is 1. The molecule has 1 atom stereocenters. The Hall–Kier alpha value is -4.21. The Morgan fingerprint density at radius 2 is 1.67 bits per heavy atom. The molecule has 2 amide bonds. The van der Waals surface area contributed by atoms with E-state index in [1.54, 1.807) is 6.20 Å². The second-order valence-electron chi connectivity index (χ2n) is 12.8. The van der Waals surface area contributed by atoms with E-state index in [-0.39, 0.29) is 36.6 Å². The molecule has 0 spiro atoms. The number of imide groups is 1. The highest BCUT2D eigenvalue weighted by Gasteiger charge is 2.41. The smallest absolute Gasteiger partial charge is 0.261 e. The molecular formula is C36H42N4O5. The second-order valence-corrected chi connectivity index (χ2v) is 12.8. The number of aryl methyl sites for hydroxylation is 3. The molecule has 1 aliphatic carbocycles. The number of piperidine rings is 1. The molecule has 1 unspecified atom stereocenters. The first-order chi connectivity index (χ1) is 21.6. The molecule has 9 nitrogen and oxygen atoms in total. The van der Waals surface area contributed by atoms with Crippen LogP contribution >= 0.6 is 0 Å². The number of benzene rings is 2. The van der Waals surface area contributed by atoms with Gasteiger partial charge in [-0.05, 0) is 131 Å². The van der Waals surface area contributed by atoms with E-state index in [2.05, 4.69) is 22.2 Å². The highest BCUT2D eigenvalue weighted by molar-refractivity contribution is 6.21. The van der Waals surface area contributed by atoms with Crippen LogP contribution in [0.1, 0.15) is 74.7 Å². The summed E-state index contributed by atoms with van der Waals surface area (Å²) in [6.45, 7) is 8.12. The standard InChI is InChI=1S/C36H42N4O5/c1-21-6-8-28(15-23(21)3)45-20-27(41)19-38-32-9-12-37-34(42)33(32)29-17-25-18-31-30(16-24(25)7-5-22(29)2)35(43)40(36(31)44)26-10-13-39(4)14-11-26/h6,8-9,12,15-16,18,26-27,41H,5,7,10-11,13-14,17,19-20H2,1-4H3,(H2,37,38,42). The topological polar surface area (TPSA) is 115 Å². The molecule has 3 heterocycles. The molecule has 3 aliphatic rings. The van der Waals surface area contributed by atoms with Crippen LogP contribution in [0.5, 0.6) is 5.75 Å². The molecular weight excluding hydrogens is 568 g/mol. The first-order valence-electron chi connectivity index (χ1n) is 15.9. The average molecular weight is 611 g/mol. The minimum absolute atomic E-state index is 0.0793. The van der Waals surface area contributed by atoms with Crippen molar-refractivity contribution in [3.05, 3.63) is 97.5 Å². The van der Waals surface area contributed by atoms with E-state index >= 15 is 0 Å². The van der Waals surface area contributed by atoms with E-state index in [0.717, 1.165) is 66.6 Å². The van der Waals surface area contributed by atoms with Crippen LogP contribution < -0.4 is 15.6 Å². The summed E-state index contributed by atoms with van der Waals surface area (Å²) in [5.41, 5.74) is 8.16. The molecule has 3 N–H and O–H groups in total. The minimum Gasteiger partial charge on any atom is -0.491 e. The molecule has 45 heavy (non-hydrogen) atoms. The minimum atomic E-state index is -0.803. The van der Waals surface area contributed by atoms with Crippen molar-refractivity contribution >= 4 is 23.1 Å². The number of anilines is 1. The summed E-state index contributed by atoms with van der Waals surface area (Å²) in [6, 6.07) is 11.4. The summed E-state index contributed by atoms with van der Waals surface area (Å²) in [6.07, 6.45) is 4.27. The number of amides is 2. The number of carbonyl (C=O) groups excluding carboxylic acids is 2. The SMILES string of the molecule is CC1=C(c2c(NCC(O)COc3ccc(C)c(C)c3)cc[nH]c2=O)Cc2cc3c(cc2CC1)C(=O)N(C1CCN(C)CC1)C3=O. The Labute approximate surface area is 263 Å². The number of pyridine rings is 1.